The van der Waals surface area contributed by atoms with Gasteiger partial charge in [0.25, 0.3) is 0 Å². The van der Waals surface area contributed by atoms with E-state index in [0.717, 1.165) is 38.2 Å². The average molecular weight is 383 g/mol. The van der Waals surface area contributed by atoms with E-state index in [1.807, 2.05) is 6.07 Å². The molecule has 0 unspecified atom stereocenters. The molecule has 0 radical (unpaired) electrons. The van der Waals surface area contributed by atoms with E-state index < -0.39 is 5.63 Å². The van der Waals surface area contributed by atoms with Gasteiger partial charge in [-0.05, 0) is 50.4 Å². The van der Waals surface area contributed by atoms with E-state index >= 15 is 0 Å². The largest absolute Gasteiger partial charge is 0.507 e. The molecule has 1 N–H and O–H groups in total. The normalized spacial score (nSPS) is 21.6. The summed E-state index contributed by atoms with van der Waals surface area (Å²) in [7, 11) is 0. The van der Waals surface area contributed by atoms with Crippen molar-refractivity contribution >= 4 is 0 Å². The van der Waals surface area contributed by atoms with Gasteiger partial charge in [-0.15, -0.1) is 0 Å². The number of nitrogens with zero attached hydrogens (tertiary/aromatic N) is 2. The predicted molar refractivity (Wildman–Crippen MR) is 109 cm³/mol. The molecule has 0 bridgehead atoms. The van der Waals surface area contributed by atoms with E-state index in [2.05, 4.69) is 34.1 Å². The van der Waals surface area contributed by atoms with Gasteiger partial charge in [-0.1, -0.05) is 43.2 Å². The lowest BCUT2D eigenvalue weighted by molar-refractivity contribution is 0.264. The molecule has 2 aromatic rings. The minimum absolute atomic E-state index is 0.128. The Hall–Kier alpha value is -2.11. The van der Waals surface area contributed by atoms with Crippen molar-refractivity contribution in [3.8, 4) is 5.75 Å². The number of benzene rings is 1. The fourth-order valence-corrected chi connectivity index (χ4v) is 4.53. The van der Waals surface area contributed by atoms with E-state index in [0.29, 0.717) is 24.6 Å². The van der Waals surface area contributed by atoms with Crippen molar-refractivity contribution in [1.29, 1.82) is 0 Å². The lowest BCUT2D eigenvalue weighted by Gasteiger charge is -2.21. The average Bonchev–Trinajstić information content (AvgIpc) is 3.04. The highest BCUT2D eigenvalue weighted by molar-refractivity contribution is 5.36. The van der Waals surface area contributed by atoms with Crippen LogP contribution in [0, 0.1) is 0 Å². The molecule has 0 spiro atoms. The van der Waals surface area contributed by atoms with E-state index in [9.17, 15) is 9.90 Å². The van der Waals surface area contributed by atoms with Crippen LogP contribution in [0.15, 0.2) is 45.8 Å². The maximum atomic E-state index is 12.3. The Labute approximate surface area is 166 Å². The van der Waals surface area contributed by atoms with Crippen molar-refractivity contribution < 1.29 is 9.52 Å². The summed E-state index contributed by atoms with van der Waals surface area (Å²) >= 11 is 0. The zero-order valence-electron chi connectivity index (χ0n) is 16.5. The van der Waals surface area contributed by atoms with Crippen molar-refractivity contribution in [2.45, 2.75) is 51.1 Å². The SMILES string of the molecule is O=c1occ(CN2CCCCCC2)c(O)c1CN1CC[C@@H](c2ccccc2)C1. The van der Waals surface area contributed by atoms with Gasteiger partial charge in [0.15, 0.2) is 0 Å². The molecule has 1 aromatic heterocycles. The summed E-state index contributed by atoms with van der Waals surface area (Å²) in [6.45, 7) is 5.01. The molecule has 2 aliphatic rings. The topological polar surface area (TPSA) is 56.9 Å². The molecule has 4 rings (SSSR count). The molecule has 1 aromatic carbocycles. The molecule has 2 saturated heterocycles. The van der Waals surface area contributed by atoms with Crippen LogP contribution in [0.3, 0.4) is 0 Å². The summed E-state index contributed by atoms with van der Waals surface area (Å²) in [6.07, 6.45) is 7.45. The molecular weight excluding hydrogens is 352 g/mol. The van der Waals surface area contributed by atoms with Crippen LogP contribution in [-0.2, 0) is 13.1 Å². The van der Waals surface area contributed by atoms with Gasteiger partial charge in [0.2, 0.25) is 0 Å². The Morgan fingerprint density at radius 2 is 1.71 bits per heavy atom. The molecule has 2 fully saturated rings. The monoisotopic (exact) mass is 382 g/mol. The number of rotatable bonds is 5. The van der Waals surface area contributed by atoms with Crippen molar-refractivity contribution in [2.75, 3.05) is 26.2 Å². The predicted octanol–water partition coefficient (Wildman–Crippen LogP) is 3.71. The molecule has 2 aliphatic heterocycles. The lowest BCUT2D eigenvalue weighted by atomic mass is 9.99. The fraction of sp³-hybridized carbons (Fsp3) is 0.522. The Morgan fingerprint density at radius 3 is 2.46 bits per heavy atom. The number of likely N-dealkylation sites (tertiary alicyclic amines) is 2. The number of aromatic hydroxyl groups is 1. The first kappa shape index (κ1) is 19.2. The van der Waals surface area contributed by atoms with Crippen LogP contribution in [-0.4, -0.2) is 41.1 Å². The second-order valence-corrected chi connectivity index (χ2v) is 8.20. The van der Waals surface area contributed by atoms with Gasteiger partial charge < -0.3 is 9.52 Å². The van der Waals surface area contributed by atoms with Crippen LogP contribution in [0.25, 0.3) is 0 Å². The minimum atomic E-state index is -0.416. The number of hydrogen-bond acceptors (Lipinski definition) is 5. The smallest absolute Gasteiger partial charge is 0.343 e. The highest BCUT2D eigenvalue weighted by atomic mass is 16.4. The van der Waals surface area contributed by atoms with Crippen molar-refractivity contribution in [2.24, 2.45) is 0 Å². The summed E-state index contributed by atoms with van der Waals surface area (Å²) < 4.78 is 5.30. The van der Waals surface area contributed by atoms with Crippen LogP contribution < -0.4 is 5.63 Å². The lowest BCUT2D eigenvalue weighted by Crippen LogP contribution is -2.26. The van der Waals surface area contributed by atoms with Crippen molar-refractivity contribution in [1.82, 2.24) is 9.80 Å². The first-order chi connectivity index (χ1) is 13.7. The van der Waals surface area contributed by atoms with Gasteiger partial charge >= 0.3 is 5.63 Å². The first-order valence-electron chi connectivity index (χ1n) is 10.5. The second-order valence-electron chi connectivity index (χ2n) is 8.20. The van der Waals surface area contributed by atoms with Crippen LogP contribution in [0.5, 0.6) is 5.75 Å². The van der Waals surface area contributed by atoms with E-state index in [-0.39, 0.29) is 5.75 Å². The molecule has 0 saturated carbocycles. The maximum absolute atomic E-state index is 12.3. The molecule has 28 heavy (non-hydrogen) atoms. The highest BCUT2D eigenvalue weighted by Crippen LogP contribution is 2.30. The molecular formula is C23H30N2O3. The first-order valence-corrected chi connectivity index (χ1v) is 10.5. The standard InChI is InChI=1S/C23H30N2O3/c26-22-20(15-24-11-6-1-2-7-12-24)17-28-23(27)21(22)16-25-13-10-19(14-25)18-8-4-3-5-9-18/h3-5,8-9,17,19,26H,1-2,6-7,10-16H2/t19-/m1/s1. The van der Waals surface area contributed by atoms with Gasteiger partial charge in [0.1, 0.15) is 12.0 Å². The summed E-state index contributed by atoms with van der Waals surface area (Å²) in [5.74, 6) is 0.610. The highest BCUT2D eigenvalue weighted by Gasteiger charge is 2.26. The third-order valence-corrected chi connectivity index (χ3v) is 6.16. The van der Waals surface area contributed by atoms with Gasteiger partial charge in [0, 0.05) is 25.2 Å². The number of hydrogen-bond donors (Lipinski definition) is 1. The third kappa shape index (κ3) is 4.47. The van der Waals surface area contributed by atoms with Crippen LogP contribution in [0.2, 0.25) is 0 Å². The summed E-state index contributed by atoms with van der Waals surface area (Å²) in [6, 6.07) is 10.5. The molecule has 0 aliphatic carbocycles. The van der Waals surface area contributed by atoms with E-state index in [1.165, 1.54) is 37.5 Å². The fourth-order valence-electron chi connectivity index (χ4n) is 4.53. The summed E-state index contributed by atoms with van der Waals surface area (Å²) in [5, 5.41) is 10.8. The molecule has 150 valence electrons. The van der Waals surface area contributed by atoms with Gasteiger partial charge in [0.05, 0.1) is 5.56 Å². The molecule has 0 amide bonds. The summed E-state index contributed by atoms with van der Waals surface area (Å²) in [5.41, 5.74) is 2.06. The molecule has 1 atom stereocenters. The van der Waals surface area contributed by atoms with Gasteiger partial charge in [-0.2, -0.15) is 0 Å². The Morgan fingerprint density at radius 1 is 0.964 bits per heavy atom. The molecule has 3 heterocycles. The summed E-state index contributed by atoms with van der Waals surface area (Å²) in [4.78, 5) is 16.9. The minimum Gasteiger partial charge on any atom is -0.507 e. The maximum Gasteiger partial charge on any atom is 0.343 e. The Balaban J connectivity index is 1.45. The zero-order valence-corrected chi connectivity index (χ0v) is 16.5. The van der Waals surface area contributed by atoms with Crippen molar-refractivity contribution in [3.63, 3.8) is 0 Å². The van der Waals surface area contributed by atoms with Gasteiger partial charge in [-0.25, -0.2) is 4.79 Å². The van der Waals surface area contributed by atoms with Crippen LogP contribution >= 0.6 is 0 Å². The Kier molecular flexibility index (Phi) is 6.13. The second kappa shape index (κ2) is 8.93. The quantitative estimate of drug-likeness (QED) is 0.854. The zero-order chi connectivity index (χ0) is 19.3. The Bertz CT molecular complexity index is 825. The van der Waals surface area contributed by atoms with Crippen LogP contribution in [0.1, 0.15) is 54.7 Å². The van der Waals surface area contributed by atoms with E-state index in [4.69, 9.17) is 4.42 Å². The van der Waals surface area contributed by atoms with Crippen molar-refractivity contribution in [3.05, 3.63) is 63.7 Å². The van der Waals surface area contributed by atoms with E-state index in [1.54, 1.807) is 0 Å². The van der Waals surface area contributed by atoms with Crippen LogP contribution in [0.4, 0.5) is 0 Å². The van der Waals surface area contributed by atoms with Gasteiger partial charge in [-0.3, -0.25) is 9.80 Å². The molecule has 5 nitrogen and oxygen atoms in total. The third-order valence-electron chi connectivity index (χ3n) is 6.16. The molecule has 5 heteroatoms.